The molecule has 4 aliphatic carbocycles. The fraction of sp³-hybridized carbons (Fsp3) is 1.00. The molecule has 0 aromatic heterocycles. The number of hydrogen-bond donors (Lipinski definition) is 0. The summed E-state index contributed by atoms with van der Waals surface area (Å²) < 4.78 is 5.83. The summed E-state index contributed by atoms with van der Waals surface area (Å²) in [4.78, 5) is 0. The van der Waals surface area contributed by atoms with Crippen LogP contribution in [0, 0.1) is 35.5 Å². The molecule has 76 valence electrons. The molecule has 1 aliphatic heterocycles. The van der Waals surface area contributed by atoms with E-state index in [0.29, 0.717) is 0 Å². The highest BCUT2D eigenvalue weighted by atomic mass is 16.6. The zero-order valence-electron chi connectivity index (χ0n) is 8.56. The summed E-state index contributed by atoms with van der Waals surface area (Å²) in [6.45, 7) is 0. The van der Waals surface area contributed by atoms with Crippen LogP contribution in [-0.2, 0) is 4.74 Å². The van der Waals surface area contributed by atoms with E-state index in [1.807, 2.05) is 0 Å². The van der Waals surface area contributed by atoms with Gasteiger partial charge in [0.15, 0.2) is 0 Å². The van der Waals surface area contributed by atoms with E-state index >= 15 is 0 Å². The average Bonchev–Trinajstić information content (AvgIpc) is 2.58. The lowest BCUT2D eigenvalue weighted by Crippen LogP contribution is -2.25. The van der Waals surface area contributed by atoms with Crippen molar-refractivity contribution >= 4 is 0 Å². The van der Waals surface area contributed by atoms with Gasteiger partial charge in [-0.15, -0.1) is 0 Å². The molecule has 5 rings (SSSR count). The predicted octanol–water partition coefficient (Wildman–Crippen LogP) is 2.46. The minimum Gasteiger partial charge on any atom is -0.369 e. The summed E-state index contributed by atoms with van der Waals surface area (Å²) in [6.07, 6.45) is 9.18. The highest BCUT2D eigenvalue weighted by molar-refractivity contribution is 5.14. The smallest absolute Gasteiger partial charge is 0.0873 e. The minimum absolute atomic E-state index is 0.726. The molecule has 0 amide bonds. The lowest BCUT2D eigenvalue weighted by Gasteiger charge is -2.29. The van der Waals surface area contributed by atoms with E-state index in [9.17, 15) is 0 Å². The van der Waals surface area contributed by atoms with Gasteiger partial charge >= 0.3 is 0 Å². The fourth-order valence-electron chi connectivity index (χ4n) is 6.01. The van der Waals surface area contributed by atoms with E-state index in [2.05, 4.69) is 0 Å². The molecule has 5 fully saturated rings. The van der Waals surface area contributed by atoms with Crippen LogP contribution in [0.25, 0.3) is 0 Å². The van der Waals surface area contributed by atoms with Crippen molar-refractivity contribution in [1.82, 2.24) is 0 Å². The maximum absolute atomic E-state index is 5.83. The summed E-state index contributed by atoms with van der Waals surface area (Å²) in [5.41, 5.74) is 0. The number of hydrogen-bond acceptors (Lipinski definition) is 1. The van der Waals surface area contributed by atoms with Gasteiger partial charge in [0, 0.05) is 0 Å². The van der Waals surface area contributed by atoms with Gasteiger partial charge in [-0.3, -0.25) is 0 Å². The normalized spacial score (nSPS) is 72.0. The van der Waals surface area contributed by atoms with Crippen molar-refractivity contribution in [3.05, 3.63) is 0 Å². The third-order valence-electron chi connectivity index (χ3n) is 6.24. The van der Waals surface area contributed by atoms with Crippen LogP contribution in [0.2, 0.25) is 0 Å². The van der Waals surface area contributed by atoms with Crippen LogP contribution in [0.1, 0.15) is 32.1 Å². The van der Waals surface area contributed by atoms with Crippen molar-refractivity contribution in [3.63, 3.8) is 0 Å². The Morgan fingerprint density at radius 3 is 2.57 bits per heavy atom. The van der Waals surface area contributed by atoms with Crippen LogP contribution >= 0.6 is 0 Å². The summed E-state index contributed by atoms with van der Waals surface area (Å²) >= 11 is 0. The lowest BCUT2D eigenvalue weighted by atomic mass is 9.76. The molecule has 1 heteroatoms. The van der Waals surface area contributed by atoms with Crippen molar-refractivity contribution in [2.45, 2.75) is 44.3 Å². The summed E-state index contributed by atoms with van der Waals surface area (Å²) in [6, 6.07) is 0. The molecule has 1 heterocycles. The summed E-state index contributed by atoms with van der Waals surface area (Å²) in [7, 11) is 0. The van der Waals surface area contributed by atoms with Crippen molar-refractivity contribution in [1.29, 1.82) is 0 Å². The van der Waals surface area contributed by atoms with Crippen molar-refractivity contribution < 1.29 is 4.74 Å². The Morgan fingerprint density at radius 1 is 0.786 bits per heavy atom. The van der Waals surface area contributed by atoms with E-state index in [-0.39, 0.29) is 0 Å². The minimum atomic E-state index is 0.726. The SMILES string of the molecule is C1CC2CC1C1C3CC4OC4C(C3)C21. The Balaban J connectivity index is 1.61. The maximum Gasteiger partial charge on any atom is 0.0873 e. The monoisotopic (exact) mass is 190 g/mol. The van der Waals surface area contributed by atoms with Crippen LogP contribution in [0.3, 0.4) is 0 Å². The Hall–Kier alpha value is -0.0400. The first-order chi connectivity index (χ1) is 6.92. The van der Waals surface area contributed by atoms with E-state index in [4.69, 9.17) is 4.74 Å². The van der Waals surface area contributed by atoms with E-state index < -0.39 is 0 Å². The van der Waals surface area contributed by atoms with Gasteiger partial charge in [0.1, 0.15) is 0 Å². The molecule has 8 unspecified atom stereocenters. The molecule has 0 aromatic rings. The molecule has 4 saturated carbocycles. The number of rotatable bonds is 0. The molecule has 4 bridgehead atoms. The average molecular weight is 190 g/mol. The predicted molar refractivity (Wildman–Crippen MR) is 52.7 cm³/mol. The molecule has 14 heavy (non-hydrogen) atoms. The zero-order chi connectivity index (χ0) is 8.86. The first-order valence-corrected chi connectivity index (χ1v) is 6.57. The molecule has 0 radical (unpaired) electrons. The maximum atomic E-state index is 5.83. The van der Waals surface area contributed by atoms with E-state index in [1.165, 1.54) is 6.42 Å². The van der Waals surface area contributed by atoms with Gasteiger partial charge in [-0.1, -0.05) is 0 Å². The molecule has 0 spiro atoms. The Bertz CT molecular complexity index is 300. The molecule has 0 aromatic carbocycles. The Labute approximate surface area is 85.2 Å². The fourth-order valence-corrected chi connectivity index (χ4v) is 6.01. The molecule has 8 atom stereocenters. The number of ether oxygens (including phenoxy) is 1. The van der Waals surface area contributed by atoms with Crippen LogP contribution in [-0.4, -0.2) is 12.2 Å². The van der Waals surface area contributed by atoms with Crippen molar-refractivity contribution in [3.8, 4) is 0 Å². The second kappa shape index (κ2) is 2.07. The van der Waals surface area contributed by atoms with Crippen LogP contribution in [0.5, 0.6) is 0 Å². The van der Waals surface area contributed by atoms with Crippen molar-refractivity contribution in [2.24, 2.45) is 35.5 Å². The van der Waals surface area contributed by atoms with Gasteiger partial charge in [-0.05, 0) is 67.6 Å². The van der Waals surface area contributed by atoms with Gasteiger partial charge in [-0.25, -0.2) is 0 Å². The second-order valence-electron chi connectivity index (χ2n) is 6.52. The van der Waals surface area contributed by atoms with E-state index in [1.54, 1.807) is 25.7 Å². The van der Waals surface area contributed by atoms with Gasteiger partial charge < -0.3 is 4.74 Å². The van der Waals surface area contributed by atoms with Crippen LogP contribution < -0.4 is 0 Å². The quantitative estimate of drug-likeness (QED) is 0.422. The third-order valence-corrected chi connectivity index (χ3v) is 6.24. The highest BCUT2D eigenvalue weighted by Gasteiger charge is 2.66. The zero-order valence-corrected chi connectivity index (χ0v) is 8.56. The first kappa shape index (κ1) is 7.27. The molecule has 1 nitrogen and oxygen atoms in total. The molecule has 0 N–H and O–H groups in total. The largest absolute Gasteiger partial charge is 0.369 e. The Kier molecular flexibility index (Phi) is 1.07. The molecular weight excluding hydrogens is 172 g/mol. The highest BCUT2D eigenvalue weighted by Crippen LogP contribution is 2.68. The molecular formula is C13H18O. The number of fused-ring (bicyclic) bond motifs is 11. The second-order valence-corrected chi connectivity index (χ2v) is 6.52. The summed E-state index contributed by atoms with van der Waals surface area (Å²) in [5.74, 6) is 6.66. The standard InChI is InChI=1S/C13H18O/c1-2-7-3-6(1)11-8-4-9(12(7)11)13-10(5-8)14-13/h6-13H,1-5H2. The molecule has 1 saturated heterocycles. The Morgan fingerprint density at radius 2 is 1.64 bits per heavy atom. The molecule has 5 aliphatic rings. The lowest BCUT2D eigenvalue weighted by molar-refractivity contribution is 0.160. The van der Waals surface area contributed by atoms with Crippen molar-refractivity contribution in [2.75, 3.05) is 0 Å². The summed E-state index contributed by atoms with van der Waals surface area (Å²) in [5, 5.41) is 0. The van der Waals surface area contributed by atoms with E-state index in [0.717, 1.165) is 47.7 Å². The van der Waals surface area contributed by atoms with Gasteiger partial charge in [-0.2, -0.15) is 0 Å². The topological polar surface area (TPSA) is 12.5 Å². The first-order valence-electron chi connectivity index (χ1n) is 6.57. The van der Waals surface area contributed by atoms with Crippen LogP contribution in [0.4, 0.5) is 0 Å². The van der Waals surface area contributed by atoms with Crippen LogP contribution in [0.15, 0.2) is 0 Å². The number of epoxide rings is 1. The van der Waals surface area contributed by atoms with Gasteiger partial charge in [0.05, 0.1) is 12.2 Å². The van der Waals surface area contributed by atoms with Gasteiger partial charge in [0.25, 0.3) is 0 Å². The van der Waals surface area contributed by atoms with Gasteiger partial charge in [0.2, 0.25) is 0 Å². The third kappa shape index (κ3) is 0.651.